The number of halogens is 2. The lowest BCUT2D eigenvalue weighted by Gasteiger charge is -2.24. The predicted molar refractivity (Wildman–Crippen MR) is 124 cm³/mol. The number of ether oxygens (including phenoxy) is 1. The van der Waals surface area contributed by atoms with Crippen LogP contribution in [0.1, 0.15) is 43.2 Å². The number of nitrogens with zero attached hydrogens (tertiary/aromatic N) is 1. The largest absolute Gasteiger partial charge is 0.481 e. The molecule has 7 nitrogen and oxygen atoms in total. The molecule has 2 atom stereocenters. The summed E-state index contributed by atoms with van der Waals surface area (Å²) in [5.41, 5.74) is 4.24. The summed E-state index contributed by atoms with van der Waals surface area (Å²) in [6, 6.07) is 14.7. The number of carboxylic acid groups (broad SMARTS) is 1. The van der Waals surface area contributed by atoms with Crippen molar-refractivity contribution in [1.82, 2.24) is 10.2 Å². The van der Waals surface area contributed by atoms with Crippen molar-refractivity contribution in [2.45, 2.75) is 44.1 Å². The van der Waals surface area contributed by atoms with Gasteiger partial charge in [0.15, 0.2) is 0 Å². The number of amides is 2. The first kappa shape index (κ1) is 24.6. The highest BCUT2D eigenvalue weighted by molar-refractivity contribution is 5.87. The van der Waals surface area contributed by atoms with Crippen LogP contribution in [0.2, 0.25) is 0 Å². The molecule has 1 aliphatic carbocycles. The summed E-state index contributed by atoms with van der Waals surface area (Å²) >= 11 is 0. The summed E-state index contributed by atoms with van der Waals surface area (Å²) < 4.78 is 33.7. The highest BCUT2D eigenvalue weighted by Gasteiger charge is 2.54. The van der Waals surface area contributed by atoms with Crippen LogP contribution in [-0.2, 0) is 14.3 Å². The van der Waals surface area contributed by atoms with Gasteiger partial charge in [0.2, 0.25) is 5.91 Å². The average Bonchev–Trinajstić information content (AvgIpc) is 3.34. The molecule has 0 aromatic heterocycles. The molecular weight excluding hydrogens is 458 g/mol. The number of fused-ring (bicyclic) bond motifs is 3. The highest BCUT2D eigenvalue weighted by Crippen LogP contribution is 2.44. The monoisotopic (exact) mass is 486 g/mol. The van der Waals surface area contributed by atoms with Crippen LogP contribution in [0.4, 0.5) is 13.6 Å². The van der Waals surface area contributed by atoms with Gasteiger partial charge in [0.25, 0.3) is 5.92 Å². The van der Waals surface area contributed by atoms with Crippen molar-refractivity contribution in [3.63, 3.8) is 0 Å². The van der Waals surface area contributed by atoms with Crippen molar-refractivity contribution in [3.05, 3.63) is 59.7 Å². The van der Waals surface area contributed by atoms with Crippen LogP contribution in [0.15, 0.2) is 48.5 Å². The molecule has 0 spiro atoms. The summed E-state index contributed by atoms with van der Waals surface area (Å²) in [5.74, 6) is -8.03. The Morgan fingerprint density at radius 2 is 1.71 bits per heavy atom. The van der Waals surface area contributed by atoms with E-state index in [0.717, 1.165) is 33.6 Å². The van der Waals surface area contributed by atoms with E-state index in [4.69, 9.17) is 9.84 Å². The Morgan fingerprint density at radius 3 is 2.26 bits per heavy atom. The van der Waals surface area contributed by atoms with E-state index in [-0.39, 0.29) is 18.9 Å². The fraction of sp³-hybridized carbons (Fsp3) is 0.423. The Morgan fingerprint density at radius 1 is 1.11 bits per heavy atom. The Bertz CT molecular complexity index is 1080. The lowest BCUT2D eigenvalue weighted by Crippen LogP contribution is -2.48. The minimum Gasteiger partial charge on any atom is -0.481 e. The van der Waals surface area contributed by atoms with Gasteiger partial charge >= 0.3 is 12.1 Å². The van der Waals surface area contributed by atoms with Crippen molar-refractivity contribution in [2.24, 2.45) is 5.92 Å². The first-order valence-electron chi connectivity index (χ1n) is 11.7. The number of likely N-dealkylation sites (tertiary alicyclic amines) is 1. The number of alkyl halides is 2. The standard InChI is InChI=1S/C26H28F2N2O5/c1-2-3-12-22(23(31)30-13-21(24(32)33)26(27,28)15-30)29-25(34)35-14-20-18-10-6-4-8-16(18)17-9-5-7-11-19(17)20/h4-11,20-22H,2-3,12-15H2,1H3,(H,29,34)(H,32,33)/t21?,22-/m0/s1. The third-order valence-electron chi connectivity index (χ3n) is 6.70. The van der Waals surface area contributed by atoms with Crippen molar-refractivity contribution in [2.75, 3.05) is 19.7 Å². The molecule has 1 unspecified atom stereocenters. The van der Waals surface area contributed by atoms with Crippen LogP contribution >= 0.6 is 0 Å². The molecule has 1 aliphatic heterocycles. The maximum absolute atomic E-state index is 14.1. The van der Waals surface area contributed by atoms with Crippen LogP contribution in [-0.4, -0.2) is 59.6 Å². The number of hydrogen-bond acceptors (Lipinski definition) is 4. The maximum atomic E-state index is 14.1. The molecule has 2 aromatic carbocycles. The normalized spacial score (nSPS) is 19.1. The number of rotatable bonds is 8. The second-order valence-electron chi connectivity index (χ2n) is 9.04. The van der Waals surface area contributed by atoms with Gasteiger partial charge in [-0.3, -0.25) is 9.59 Å². The van der Waals surface area contributed by atoms with Gasteiger partial charge in [0.05, 0.1) is 6.54 Å². The number of carbonyl (C=O) groups excluding carboxylic acids is 2. The Kier molecular flexibility index (Phi) is 7.05. The summed E-state index contributed by atoms with van der Waals surface area (Å²) in [6.07, 6.45) is 0.720. The Balaban J connectivity index is 1.42. The molecule has 2 aliphatic rings. The highest BCUT2D eigenvalue weighted by atomic mass is 19.3. The van der Waals surface area contributed by atoms with Crippen LogP contribution in [0.5, 0.6) is 0 Å². The van der Waals surface area contributed by atoms with E-state index in [9.17, 15) is 23.2 Å². The lowest BCUT2D eigenvalue weighted by molar-refractivity contribution is -0.151. The molecule has 9 heteroatoms. The van der Waals surface area contributed by atoms with Gasteiger partial charge in [0.1, 0.15) is 18.6 Å². The molecule has 0 saturated carbocycles. The molecule has 1 fully saturated rings. The first-order valence-corrected chi connectivity index (χ1v) is 11.7. The summed E-state index contributed by atoms with van der Waals surface area (Å²) in [4.78, 5) is 37.6. The molecule has 4 rings (SSSR count). The van der Waals surface area contributed by atoms with E-state index in [2.05, 4.69) is 5.32 Å². The van der Waals surface area contributed by atoms with E-state index in [0.29, 0.717) is 6.42 Å². The molecule has 0 radical (unpaired) electrons. The average molecular weight is 487 g/mol. The third kappa shape index (κ3) is 4.99. The number of hydrogen-bond donors (Lipinski definition) is 2. The van der Waals surface area contributed by atoms with E-state index < -0.39 is 48.9 Å². The zero-order valence-corrected chi connectivity index (χ0v) is 19.4. The fourth-order valence-corrected chi connectivity index (χ4v) is 4.88. The quantitative estimate of drug-likeness (QED) is 0.581. The zero-order chi connectivity index (χ0) is 25.2. The first-order chi connectivity index (χ1) is 16.7. The van der Waals surface area contributed by atoms with E-state index >= 15 is 0 Å². The number of alkyl carbamates (subject to hydrolysis) is 1. The van der Waals surface area contributed by atoms with Crippen LogP contribution in [0.3, 0.4) is 0 Å². The molecule has 2 N–H and O–H groups in total. The van der Waals surface area contributed by atoms with Gasteiger partial charge in [-0.15, -0.1) is 0 Å². The number of benzene rings is 2. The topological polar surface area (TPSA) is 95.9 Å². The van der Waals surface area contributed by atoms with Crippen LogP contribution in [0.25, 0.3) is 11.1 Å². The Labute approximate surface area is 202 Å². The van der Waals surface area contributed by atoms with Crippen LogP contribution < -0.4 is 5.32 Å². The molecule has 0 bridgehead atoms. The number of carboxylic acids is 1. The van der Waals surface area contributed by atoms with Gasteiger partial charge in [0, 0.05) is 12.5 Å². The molecule has 1 saturated heterocycles. The molecule has 35 heavy (non-hydrogen) atoms. The van der Waals surface area contributed by atoms with Crippen LogP contribution in [0, 0.1) is 5.92 Å². The number of nitrogens with one attached hydrogen (secondary N) is 1. The number of aliphatic carboxylic acids is 1. The van der Waals surface area contributed by atoms with E-state index in [1.54, 1.807) is 0 Å². The molecule has 2 aromatic rings. The summed E-state index contributed by atoms with van der Waals surface area (Å²) in [5, 5.41) is 11.6. The number of carbonyl (C=O) groups is 3. The van der Waals surface area contributed by atoms with Gasteiger partial charge < -0.3 is 20.1 Å². The molecule has 186 valence electrons. The lowest BCUT2D eigenvalue weighted by atomic mass is 9.98. The minimum absolute atomic E-state index is 0.0530. The molecular formula is C26H28F2N2O5. The summed E-state index contributed by atoms with van der Waals surface area (Å²) in [6.45, 7) is 0.366. The van der Waals surface area contributed by atoms with Gasteiger partial charge in [-0.25, -0.2) is 13.6 Å². The predicted octanol–water partition coefficient (Wildman–Crippen LogP) is 4.26. The second kappa shape index (κ2) is 10.0. The van der Waals surface area contributed by atoms with Crippen molar-refractivity contribution >= 4 is 18.0 Å². The van der Waals surface area contributed by atoms with Crippen molar-refractivity contribution in [1.29, 1.82) is 0 Å². The summed E-state index contributed by atoms with van der Waals surface area (Å²) in [7, 11) is 0. The molecule has 2 amide bonds. The van der Waals surface area contributed by atoms with Crippen molar-refractivity contribution in [3.8, 4) is 11.1 Å². The van der Waals surface area contributed by atoms with Gasteiger partial charge in [-0.1, -0.05) is 68.3 Å². The van der Waals surface area contributed by atoms with E-state index in [1.807, 2.05) is 55.5 Å². The molecule has 1 heterocycles. The van der Waals surface area contributed by atoms with Gasteiger partial charge in [-0.2, -0.15) is 0 Å². The smallest absolute Gasteiger partial charge is 0.407 e. The zero-order valence-electron chi connectivity index (χ0n) is 19.4. The fourth-order valence-electron chi connectivity index (χ4n) is 4.88. The van der Waals surface area contributed by atoms with E-state index in [1.165, 1.54) is 0 Å². The second-order valence-corrected chi connectivity index (χ2v) is 9.04. The maximum Gasteiger partial charge on any atom is 0.407 e. The van der Waals surface area contributed by atoms with Crippen molar-refractivity contribution < 1.29 is 33.0 Å². The third-order valence-corrected chi connectivity index (χ3v) is 6.70. The van der Waals surface area contributed by atoms with Gasteiger partial charge in [-0.05, 0) is 28.7 Å². The SMILES string of the molecule is CCCC[C@H](NC(=O)OCC1c2ccccc2-c2ccccc21)C(=O)N1CC(C(=O)O)C(F)(F)C1. The number of unbranched alkanes of at least 4 members (excludes halogenated alkanes) is 1. The minimum atomic E-state index is -3.53. The Hall–Kier alpha value is -3.49.